The Balaban J connectivity index is 1.97. The van der Waals surface area contributed by atoms with E-state index in [0.717, 1.165) is 12.0 Å². The summed E-state index contributed by atoms with van der Waals surface area (Å²) in [7, 11) is 1.93. The fraction of sp³-hybridized carbons (Fsp3) is 0.467. The molecule has 22 heavy (non-hydrogen) atoms. The Kier molecular flexibility index (Phi) is 5.43. The maximum atomic E-state index is 12.1. The summed E-state index contributed by atoms with van der Waals surface area (Å²) < 4.78 is 33.8. The van der Waals surface area contributed by atoms with Crippen molar-refractivity contribution in [1.82, 2.24) is 15.0 Å². The summed E-state index contributed by atoms with van der Waals surface area (Å²) in [5, 5.41) is 3.88. The molecule has 1 heterocycles. The topological polar surface area (TPSA) is 51.4 Å². The number of hydrogen-bond acceptors (Lipinski definition) is 5. The third kappa shape index (κ3) is 4.24. The summed E-state index contributed by atoms with van der Waals surface area (Å²) >= 11 is 0. The standard InChI is InChI=1S/C15H19F2N3O2/c1-4-13-18-14(22-19-13)10(2)20(3)9-11-5-7-12(8-6-11)21-15(16)17/h5-8,10,15H,4,9H2,1-3H3/t10-/m0/s1. The molecule has 0 aliphatic heterocycles. The number of aryl methyl sites for hydroxylation is 1. The summed E-state index contributed by atoms with van der Waals surface area (Å²) in [6, 6.07) is 6.53. The molecule has 5 nitrogen and oxygen atoms in total. The molecule has 1 atom stereocenters. The molecule has 0 saturated heterocycles. The summed E-state index contributed by atoms with van der Waals surface area (Å²) in [6.07, 6.45) is 0.728. The largest absolute Gasteiger partial charge is 0.435 e. The minimum Gasteiger partial charge on any atom is -0.435 e. The lowest BCUT2D eigenvalue weighted by molar-refractivity contribution is -0.0498. The first kappa shape index (κ1) is 16.4. The second-order valence-electron chi connectivity index (χ2n) is 5.02. The Morgan fingerprint density at radius 1 is 1.27 bits per heavy atom. The maximum Gasteiger partial charge on any atom is 0.387 e. The average molecular weight is 311 g/mol. The molecule has 1 aromatic heterocycles. The van der Waals surface area contributed by atoms with Crippen LogP contribution in [0.2, 0.25) is 0 Å². The zero-order valence-corrected chi connectivity index (χ0v) is 12.8. The van der Waals surface area contributed by atoms with Crippen molar-refractivity contribution in [2.45, 2.75) is 39.5 Å². The van der Waals surface area contributed by atoms with Crippen molar-refractivity contribution in [3.8, 4) is 5.75 Å². The van der Waals surface area contributed by atoms with Gasteiger partial charge in [0, 0.05) is 13.0 Å². The predicted molar refractivity (Wildman–Crippen MR) is 76.6 cm³/mol. The highest BCUT2D eigenvalue weighted by Gasteiger charge is 2.18. The van der Waals surface area contributed by atoms with E-state index in [2.05, 4.69) is 14.9 Å². The number of aromatic nitrogens is 2. The lowest BCUT2D eigenvalue weighted by atomic mass is 10.2. The molecule has 2 rings (SSSR count). The third-order valence-electron chi connectivity index (χ3n) is 3.40. The highest BCUT2D eigenvalue weighted by Crippen LogP contribution is 2.21. The van der Waals surface area contributed by atoms with E-state index in [1.54, 1.807) is 12.1 Å². The molecule has 120 valence electrons. The molecule has 2 aromatic rings. The Hall–Kier alpha value is -2.02. The van der Waals surface area contributed by atoms with Crippen LogP contribution in [0.4, 0.5) is 8.78 Å². The molecule has 0 aliphatic carbocycles. The molecule has 1 aromatic carbocycles. The number of halogens is 2. The fourth-order valence-electron chi connectivity index (χ4n) is 1.97. The van der Waals surface area contributed by atoms with Gasteiger partial charge in [-0.1, -0.05) is 24.2 Å². The fourth-order valence-corrected chi connectivity index (χ4v) is 1.97. The van der Waals surface area contributed by atoms with Crippen molar-refractivity contribution in [3.63, 3.8) is 0 Å². The van der Waals surface area contributed by atoms with Crippen LogP contribution in [0.5, 0.6) is 5.75 Å². The number of alkyl halides is 2. The highest BCUT2D eigenvalue weighted by molar-refractivity contribution is 5.27. The first-order valence-electron chi connectivity index (χ1n) is 7.06. The Morgan fingerprint density at radius 3 is 2.50 bits per heavy atom. The first-order valence-corrected chi connectivity index (χ1v) is 7.06. The summed E-state index contributed by atoms with van der Waals surface area (Å²) in [4.78, 5) is 6.35. The van der Waals surface area contributed by atoms with Crippen LogP contribution >= 0.6 is 0 Å². The van der Waals surface area contributed by atoms with Crippen LogP contribution < -0.4 is 4.74 Å². The van der Waals surface area contributed by atoms with Gasteiger partial charge in [-0.2, -0.15) is 13.8 Å². The third-order valence-corrected chi connectivity index (χ3v) is 3.40. The average Bonchev–Trinajstić information content (AvgIpc) is 2.97. The van der Waals surface area contributed by atoms with Gasteiger partial charge in [0.15, 0.2) is 5.82 Å². The smallest absolute Gasteiger partial charge is 0.387 e. The number of benzene rings is 1. The summed E-state index contributed by atoms with van der Waals surface area (Å²) in [5.41, 5.74) is 0.978. The van der Waals surface area contributed by atoms with E-state index in [9.17, 15) is 8.78 Å². The van der Waals surface area contributed by atoms with Gasteiger partial charge in [-0.3, -0.25) is 4.90 Å². The van der Waals surface area contributed by atoms with E-state index in [1.807, 2.05) is 25.8 Å². The van der Waals surface area contributed by atoms with E-state index in [4.69, 9.17) is 4.52 Å². The maximum absolute atomic E-state index is 12.1. The minimum absolute atomic E-state index is 0.0372. The summed E-state index contributed by atoms with van der Waals surface area (Å²) in [5.74, 6) is 1.40. The molecule has 0 N–H and O–H groups in total. The van der Waals surface area contributed by atoms with Crippen molar-refractivity contribution in [1.29, 1.82) is 0 Å². The number of ether oxygens (including phenoxy) is 1. The number of hydrogen-bond donors (Lipinski definition) is 0. The van der Waals surface area contributed by atoms with E-state index in [0.29, 0.717) is 18.3 Å². The lowest BCUT2D eigenvalue weighted by Crippen LogP contribution is -2.22. The van der Waals surface area contributed by atoms with Crippen LogP contribution in [0, 0.1) is 0 Å². The van der Waals surface area contributed by atoms with Gasteiger partial charge in [-0.15, -0.1) is 0 Å². The van der Waals surface area contributed by atoms with Crippen molar-refractivity contribution < 1.29 is 18.0 Å². The van der Waals surface area contributed by atoms with Crippen molar-refractivity contribution in [2.75, 3.05) is 7.05 Å². The second-order valence-corrected chi connectivity index (χ2v) is 5.02. The quantitative estimate of drug-likeness (QED) is 0.784. The van der Waals surface area contributed by atoms with Crippen LogP contribution in [0.25, 0.3) is 0 Å². The van der Waals surface area contributed by atoms with Gasteiger partial charge in [0.05, 0.1) is 6.04 Å². The van der Waals surface area contributed by atoms with Crippen molar-refractivity contribution in [2.24, 2.45) is 0 Å². The Morgan fingerprint density at radius 2 is 1.95 bits per heavy atom. The van der Waals surface area contributed by atoms with Gasteiger partial charge < -0.3 is 9.26 Å². The van der Waals surface area contributed by atoms with Gasteiger partial charge in [-0.25, -0.2) is 0 Å². The molecular formula is C15H19F2N3O2. The molecule has 0 aliphatic rings. The monoisotopic (exact) mass is 311 g/mol. The van der Waals surface area contributed by atoms with Crippen LogP contribution in [0.1, 0.15) is 37.2 Å². The first-order chi connectivity index (χ1) is 10.5. The molecule has 0 amide bonds. The van der Waals surface area contributed by atoms with Crippen LogP contribution in [-0.4, -0.2) is 28.7 Å². The second kappa shape index (κ2) is 7.31. The normalized spacial score (nSPS) is 12.9. The van der Waals surface area contributed by atoms with Gasteiger partial charge >= 0.3 is 6.61 Å². The van der Waals surface area contributed by atoms with Gasteiger partial charge in [0.25, 0.3) is 0 Å². The van der Waals surface area contributed by atoms with Crippen molar-refractivity contribution in [3.05, 3.63) is 41.5 Å². The van der Waals surface area contributed by atoms with E-state index >= 15 is 0 Å². The van der Waals surface area contributed by atoms with E-state index < -0.39 is 6.61 Å². The van der Waals surface area contributed by atoms with Gasteiger partial charge in [-0.05, 0) is 31.7 Å². The Bertz CT molecular complexity index is 587. The van der Waals surface area contributed by atoms with Crippen LogP contribution in [-0.2, 0) is 13.0 Å². The number of rotatable bonds is 7. The molecule has 0 bridgehead atoms. The Labute approximate surface area is 127 Å². The molecule has 7 heteroatoms. The number of nitrogens with zero attached hydrogens (tertiary/aromatic N) is 3. The van der Waals surface area contributed by atoms with Gasteiger partial charge in [0.1, 0.15) is 5.75 Å². The van der Waals surface area contributed by atoms with E-state index in [-0.39, 0.29) is 11.8 Å². The zero-order valence-electron chi connectivity index (χ0n) is 12.8. The SMILES string of the molecule is CCc1noc([C@H](C)N(C)Cc2ccc(OC(F)F)cc2)n1. The molecular weight excluding hydrogens is 292 g/mol. The molecule has 0 saturated carbocycles. The molecule has 0 unspecified atom stereocenters. The lowest BCUT2D eigenvalue weighted by Gasteiger charge is -2.21. The zero-order chi connectivity index (χ0) is 16.1. The highest BCUT2D eigenvalue weighted by atomic mass is 19.3. The van der Waals surface area contributed by atoms with Crippen molar-refractivity contribution >= 4 is 0 Å². The van der Waals surface area contributed by atoms with Crippen LogP contribution in [0.3, 0.4) is 0 Å². The van der Waals surface area contributed by atoms with Crippen LogP contribution in [0.15, 0.2) is 28.8 Å². The molecule has 0 spiro atoms. The van der Waals surface area contributed by atoms with E-state index in [1.165, 1.54) is 12.1 Å². The van der Waals surface area contributed by atoms with Gasteiger partial charge in [0.2, 0.25) is 5.89 Å². The summed E-state index contributed by atoms with van der Waals surface area (Å²) in [6.45, 7) is 1.76. The minimum atomic E-state index is -2.81. The molecule has 0 fully saturated rings. The predicted octanol–water partition coefficient (Wildman–Crippen LogP) is 3.43. The molecule has 0 radical (unpaired) electrons.